The van der Waals surface area contributed by atoms with Crippen LogP contribution in [-0.4, -0.2) is 51.7 Å². The van der Waals surface area contributed by atoms with E-state index in [1.165, 1.54) is 0 Å². The summed E-state index contributed by atoms with van der Waals surface area (Å²) < 4.78 is 15.3. The van der Waals surface area contributed by atoms with Crippen molar-refractivity contribution in [2.45, 2.75) is 39.5 Å². The van der Waals surface area contributed by atoms with Gasteiger partial charge in [0.05, 0.1) is 13.2 Å². The van der Waals surface area contributed by atoms with Gasteiger partial charge >= 0.3 is 12.2 Å². The SMILES string of the molecule is CCNC(=O)OCCCCOCCCCOC(=O)NCC. The van der Waals surface area contributed by atoms with Gasteiger partial charge in [-0.25, -0.2) is 9.59 Å². The third-order valence-corrected chi connectivity index (χ3v) is 2.47. The van der Waals surface area contributed by atoms with Crippen LogP contribution in [0.4, 0.5) is 9.59 Å². The second-order valence-electron chi connectivity index (χ2n) is 4.36. The maximum Gasteiger partial charge on any atom is 0.407 e. The second kappa shape index (κ2) is 14.9. The van der Waals surface area contributed by atoms with E-state index in [4.69, 9.17) is 14.2 Å². The summed E-state index contributed by atoms with van der Waals surface area (Å²) in [6.07, 6.45) is 2.55. The number of unbranched alkanes of at least 4 members (excludes halogenated alkanes) is 2. The normalized spacial score (nSPS) is 10.0. The molecule has 0 rings (SSSR count). The summed E-state index contributed by atoms with van der Waals surface area (Å²) in [6, 6.07) is 0. The van der Waals surface area contributed by atoms with Crippen molar-refractivity contribution in [3.8, 4) is 0 Å². The zero-order valence-corrected chi connectivity index (χ0v) is 13.1. The number of hydrogen-bond donors (Lipinski definition) is 2. The molecule has 2 amide bonds. The highest BCUT2D eigenvalue weighted by atomic mass is 16.6. The molecular weight excluding hydrogens is 276 g/mol. The predicted octanol–water partition coefficient (Wildman–Crippen LogP) is 2.06. The molecule has 0 saturated heterocycles. The lowest BCUT2D eigenvalue weighted by atomic mass is 10.3. The Balaban J connectivity index is 3.12. The van der Waals surface area contributed by atoms with Crippen molar-refractivity contribution >= 4 is 12.2 Å². The first kappa shape index (κ1) is 19.5. The first-order chi connectivity index (χ1) is 10.2. The first-order valence-corrected chi connectivity index (χ1v) is 7.59. The number of carbonyl (C=O) groups is 2. The predicted molar refractivity (Wildman–Crippen MR) is 79.3 cm³/mol. The number of rotatable bonds is 12. The highest BCUT2D eigenvalue weighted by Crippen LogP contribution is 1.96. The Hall–Kier alpha value is -1.50. The number of hydrogen-bond acceptors (Lipinski definition) is 5. The molecule has 0 spiro atoms. The lowest BCUT2D eigenvalue weighted by Crippen LogP contribution is -2.24. The van der Waals surface area contributed by atoms with Crippen LogP contribution in [0.5, 0.6) is 0 Å². The van der Waals surface area contributed by atoms with Crippen LogP contribution in [0.3, 0.4) is 0 Å². The van der Waals surface area contributed by atoms with Crippen molar-refractivity contribution in [2.24, 2.45) is 0 Å². The molecule has 0 fully saturated rings. The summed E-state index contributed by atoms with van der Waals surface area (Å²) in [5.74, 6) is 0. The minimum absolute atomic E-state index is 0.370. The highest BCUT2D eigenvalue weighted by Gasteiger charge is 1.99. The Morgan fingerprint density at radius 3 is 1.48 bits per heavy atom. The molecule has 7 nitrogen and oxygen atoms in total. The van der Waals surface area contributed by atoms with Gasteiger partial charge in [0, 0.05) is 26.3 Å². The average Bonchev–Trinajstić information content (AvgIpc) is 2.45. The van der Waals surface area contributed by atoms with Crippen LogP contribution >= 0.6 is 0 Å². The summed E-state index contributed by atoms with van der Waals surface area (Å²) in [5.41, 5.74) is 0. The Kier molecular flexibility index (Phi) is 13.8. The Labute approximate surface area is 126 Å². The van der Waals surface area contributed by atoms with E-state index in [1.807, 2.05) is 13.8 Å². The van der Waals surface area contributed by atoms with Gasteiger partial charge in [-0.05, 0) is 39.5 Å². The van der Waals surface area contributed by atoms with Gasteiger partial charge in [0.2, 0.25) is 0 Å². The van der Waals surface area contributed by atoms with Crippen LogP contribution in [0.1, 0.15) is 39.5 Å². The summed E-state index contributed by atoms with van der Waals surface area (Å²) in [7, 11) is 0. The zero-order valence-electron chi connectivity index (χ0n) is 13.1. The standard InChI is InChI=1S/C14H28N2O5/c1-3-15-13(17)20-11-7-5-9-19-10-6-8-12-21-14(18)16-4-2/h3-12H2,1-2H3,(H,15,17)(H,16,18). The molecule has 0 atom stereocenters. The van der Waals surface area contributed by atoms with Gasteiger partial charge in [0.25, 0.3) is 0 Å². The van der Waals surface area contributed by atoms with E-state index in [1.54, 1.807) is 0 Å². The molecule has 21 heavy (non-hydrogen) atoms. The van der Waals surface area contributed by atoms with Crippen LogP contribution in [0, 0.1) is 0 Å². The summed E-state index contributed by atoms with van der Waals surface area (Å²) in [5, 5.41) is 5.12. The average molecular weight is 304 g/mol. The third kappa shape index (κ3) is 14.7. The van der Waals surface area contributed by atoms with Crippen molar-refractivity contribution < 1.29 is 23.8 Å². The molecule has 0 aliphatic rings. The van der Waals surface area contributed by atoms with Crippen molar-refractivity contribution in [2.75, 3.05) is 39.5 Å². The second-order valence-corrected chi connectivity index (χ2v) is 4.36. The molecule has 0 saturated carbocycles. The molecular formula is C14H28N2O5. The van der Waals surface area contributed by atoms with E-state index in [2.05, 4.69) is 10.6 Å². The van der Waals surface area contributed by atoms with Gasteiger partial charge in [-0.3, -0.25) is 0 Å². The van der Waals surface area contributed by atoms with Crippen molar-refractivity contribution in [3.63, 3.8) is 0 Å². The topological polar surface area (TPSA) is 85.9 Å². The van der Waals surface area contributed by atoms with Gasteiger partial charge in [-0.2, -0.15) is 0 Å². The van der Waals surface area contributed by atoms with E-state index >= 15 is 0 Å². The quantitative estimate of drug-likeness (QED) is 0.539. The van der Waals surface area contributed by atoms with E-state index < -0.39 is 0 Å². The molecule has 0 aliphatic heterocycles. The third-order valence-electron chi connectivity index (χ3n) is 2.47. The highest BCUT2D eigenvalue weighted by molar-refractivity contribution is 5.67. The minimum Gasteiger partial charge on any atom is -0.450 e. The van der Waals surface area contributed by atoms with Crippen molar-refractivity contribution in [1.82, 2.24) is 10.6 Å². The molecule has 2 N–H and O–H groups in total. The fourth-order valence-electron chi connectivity index (χ4n) is 1.43. The van der Waals surface area contributed by atoms with Gasteiger partial charge in [0.15, 0.2) is 0 Å². The van der Waals surface area contributed by atoms with Crippen LogP contribution < -0.4 is 10.6 Å². The van der Waals surface area contributed by atoms with Gasteiger partial charge in [-0.15, -0.1) is 0 Å². The summed E-state index contributed by atoms with van der Waals surface area (Å²) in [4.78, 5) is 21.9. The first-order valence-electron chi connectivity index (χ1n) is 7.59. The fraction of sp³-hybridized carbons (Fsp3) is 0.857. The van der Waals surface area contributed by atoms with E-state index in [0.29, 0.717) is 39.5 Å². The molecule has 0 radical (unpaired) electrons. The smallest absolute Gasteiger partial charge is 0.407 e. The van der Waals surface area contributed by atoms with Crippen LogP contribution in [-0.2, 0) is 14.2 Å². The zero-order chi connectivity index (χ0) is 15.8. The van der Waals surface area contributed by atoms with Gasteiger partial charge in [0.1, 0.15) is 0 Å². The molecule has 7 heteroatoms. The number of alkyl carbamates (subject to hydrolysis) is 2. The van der Waals surface area contributed by atoms with Crippen LogP contribution in [0.2, 0.25) is 0 Å². The molecule has 124 valence electrons. The van der Waals surface area contributed by atoms with Crippen molar-refractivity contribution in [3.05, 3.63) is 0 Å². The number of ether oxygens (including phenoxy) is 3. The fourth-order valence-corrected chi connectivity index (χ4v) is 1.43. The Morgan fingerprint density at radius 2 is 1.10 bits per heavy atom. The molecule has 0 bridgehead atoms. The minimum atomic E-state index is -0.370. The maximum absolute atomic E-state index is 11.0. The lowest BCUT2D eigenvalue weighted by Gasteiger charge is -2.07. The van der Waals surface area contributed by atoms with Crippen LogP contribution in [0.25, 0.3) is 0 Å². The molecule has 0 unspecified atom stereocenters. The largest absolute Gasteiger partial charge is 0.450 e. The van der Waals surface area contributed by atoms with E-state index in [-0.39, 0.29) is 12.2 Å². The Bertz CT molecular complexity index is 248. The van der Waals surface area contributed by atoms with E-state index in [9.17, 15) is 9.59 Å². The van der Waals surface area contributed by atoms with Gasteiger partial charge in [-0.1, -0.05) is 0 Å². The molecule has 0 heterocycles. The van der Waals surface area contributed by atoms with Crippen LogP contribution in [0.15, 0.2) is 0 Å². The van der Waals surface area contributed by atoms with Crippen molar-refractivity contribution in [1.29, 1.82) is 0 Å². The lowest BCUT2D eigenvalue weighted by molar-refractivity contribution is 0.106. The van der Waals surface area contributed by atoms with E-state index in [0.717, 1.165) is 25.7 Å². The monoisotopic (exact) mass is 304 g/mol. The number of carbonyl (C=O) groups excluding carboxylic acids is 2. The number of amides is 2. The summed E-state index contributed by atoms with van der Waals surface area (Å²) >= 11 is 0. The van der Waals surface area contributed by atoms with Gasteiger partial charge < -0.3 is 24.8 Å². The molecule has 0 aliphatic carbocycles. The summed E-state index contributed by atoms with van der Waals surface area (Å²) in [6.45, 7) is 6.96. The molecule has 0 aromatic heterocycles. The number of nitrogens with one attached hydrogen (secondary N) is 2. The Morgan fingerprint density at radius 1 is 0.714 bits per heavy atom. The molecule has 0 aromatic rings. The molecule has 0 aromatic carbocycles. The maximum atomic E-state index is 11.0.